The quantitative estimate of drug-likeness (QED) is 0.404. The Labute approximate surface area is 188 Å². The Morgan fingerprint density at radius 1 is 1.16 bits per heavy atom. The van der Waals surface area contributed by atoms with Gasteiger partial charge in [-0.3, -0.25) is 4.57 Å². The van der Waals surface area contributed by atoms with Gasteiger partial charge in [-0.25, -0.2) is 9.97 Å². The molecule has 1 aliphatic rings. The number of nitrogens with zero attached hydrogens (tertiary/aromatic N) is 4. The predicted octanol–water partition coefficient (Wildman–Crippen LogP) is 4.46. The standard InChI is InChI=1S/C25H29N7/c1-17-13-23-22(14-21(17)28-15-20-9-6-11-26-20)29-16-32(23)24-10-12-27-25(31-24)30-18(2)19-7-4-3-5-8-19/h3-5,7-8,10,12-14,16,18,20,26,28H,6,9,11,15H2,1-2H3,(H,27,30,31)/t18-,20?/m0/s1. The minimum absolute atomic E-state index is 0.108. The summed E-state index contributed by atoms with van der Waals surface area (Å²) in [5.41, 5.74) is 5.51. The van der Waals surface area contributed by atoms with E-state index in [9.17, 15) is 0 Å². The van der Waals surface area contributed by atoms with E-state index >= 15 is 0 Å². The summed E-state index contributed by atoms with van der Waals surface area (Å²) >= 11 is 0. The molecule has 0 amide bonds. The summed E-state index contributed by atoms with van der Waals surface area (Å²) in [6, 6.07) is 17.2. The van der Waals surface area contributed by atoms with Gasteiger partial charge in [0.05, 0.1) is 17.1 Å². The molecule has 2 aromatic carbocycles. The first-order valence-electron chi connectivity index (χ1n) is 11.3. The molecule has 5 rings (SSSR count). The summed E-state index contributed by atoms with van der Waals surface area (Å²) in [5.74, 6) is 1.39. The monoisotopic (exact) mass is 427 g/mol. The maximum Gasteiger partial charge on any atom is 0.225 e. The molecule has 0 aliphatic carbocycles. The van der Waals surface area contributed by atoms with Crippen LogP contribution in [0.2, 0.25) is 0 Å². The van der Waals surface area contributed by atoms with Crippen LogP contribution in [0.4, 0.5) is 11.6 Å². The van der Waals surface area contributed by atoms with Crippen LogP contribution < -0.4 is 16.0 Å². The summed E-state index contributed by atoms with van der Waals surface area (Å²) in [5, 5.41) is 10.5. The van der Waals surface area contributed by atoms with E-state index in [4.69, 9.17) is 4.98 Å². The lowest BCUT2D eigenvalue weighted by atomic mass is 10.1. The summed E-state index contributed by atoms with van der Waals surface area (Å²) in [6.07, 6.45) is 6.11. The van der Waals surface area contributed by atoms with E-state index in [0.717, 1.165) is 35.6 Å². The SMILES string of the molecule is Cc1cc2c(cc1NCC1CCCN1)ncn2-c1ccnc(N[C@@H](C)c2ccccc2)n1. The maximum atomic E-state index is 4.75. The van der Waals surface area contributed by atoms with Crippen LogP contribution in [-0.4, -0.2) is 38.7 Å². The number of rotatable bonds is 7. The highest BCUT2D eigenvalue weighted by Crippen LogP contribution is 2.25. The smallest absolute Gasteiger partial charge is 0.225 e. The van der Waals surface area contributed by atoms with Crippen molar-refractivity contribution in [1.29, 1.82) is 0 Å². The lowest BCUT2D eigenvalue weighted by molar-refractivity contribution is 0.633. The summed E-state index contributed by atoms with van der Waals surface area (Å²) in [4.78, 5) is 13.8. The molecular formula is C25H29N7. The zero-order valence-electron chi connectivity index (χ0n) is 18.5. The largest absolute Gasteiger partial charge is 0.383 e. The van der Waals surface area contributed by atoms with Gasteiger partial charge in [0.15, 0.2) is 0 Å². The van der Waals surface area contributed by atoms with E-state index in [0.29, 0.717) is 12.0 Å². The molecule has 0 radical (unpaired) electrons. The number of fused-ring (bicyclic) bond motifs is 1. The summed E-state index contributed by atoms with van der Waals surface area (Å²) in [6.45, 7) is 6.30. The lowest BCUT2D eigenvalue weighted by Crippen LogP contribution is -2.29. The van der Waals surface area contributed by atoms with Crippen LogP contribution in [0, 0.1) is 6.92 Å². The van der Waals surface area contributed by atoms with Crippen molar-refractivity contribution in [2.45, 2.75) is 38.8 Å². The molecule has 2 atom stereocenters. The molecule has 0 saturated carbocycles. The Kier molecular flexibility index (Phi) is 5.73. The van der Waals surface area contributed by atoms with Gasteiger partial charge in [-0.15, -0.1) is 0 Å². The zero-order valence-corrected chi connectivity index (χ0v) is 18.5. The van der Waals surface area contributed by atoms with E-state index in [2.05, 4.69) is 64.0 Å². The molecule has 4 aromatic rings. The molecule has 1 saturated heterocycles. The first-order chi connectivity index (χ1) is 15.7. The zero-order chi connectivity index (χ0) is 21.9. The van der Waals surface area contributed by atoms with E-state index in [1.165, 1.54) is 24.0 Å². The number of imidazole rings is 1. The van der Waals surface area contributed by atoms with Gasteiger partial charge in [-0.2, -0.15) is 4.98 Å². The highest BCUT2D eigenvalue weighted by molar-refractivity contribution is 5.83. The van der Waals surface area contributed by atoms with Crippen molar-refractivity contribution in [2.75, 3.05) is 23.7 Å². The van der Waals surface area contributed by atoms with Crippen molar-refractivity contribution in [3.8, 4) is 5.82 Å². The van der Waals surface area contributed by atoms with Gasteiger partial charge in [-0.05, 0) is 62.6 Å². The summed E-state index contributed by atoms with van der Waals surface area (Å²) in [7, 11) is 0. The van der Waals surface area contributed by atoms with Crippen molar-refractivity contribution in [3.05, 3.63) is 72.2 Å². The molecule has 0 bridgehead atoms. The molecule has 2 aromatic heterocycles. The average molecular weight is 428 g/mol. The minimum Gasteiger partial charge on any atom is -0.383 e. The van der Waals surface area contributed by atoms with Gasteiger partial charge in [0, 0.05) is 24.5 Å². The van der Waals surface area contributed by atoms with Crippen molar-refractivity contribution in [1.82, 2.24) is 24.8 Å². The molecule has 1 aliphatic heterocycles. The number of hydrogen-bond donors (Lipinski definition) is 3. The van der Waals surface area contributed by atoms with Crippen molar-refractivity contribution < 1.29 is 0 Å². The molecule has 0 spiro atoms. The van der Waals surface area contributed by atoms with Crippen LogP contribution in [0.1, 0.15) is 36.9 Å². The van der Waals surface area contributed by atoms with Gasteiger partial charge in [-0.1, -0.05) is 30.3 Å². The molecule has 3 heterocycles. The Hall–Kier alpha value is -3.45. The van der Waals surface area contributed by atoms with Crippen molar-refractivity contribution in [2.24, 2.45) is 0 Å². The second-order valence-corrected chi connectivity index (χ2v) is 8.46. The second-order valence-electron chi connectivity index (χ2n) is 8.46. The maximum absolute atomic E-state index is 4.75. The number of aromatic nitrogens is 4. The number of anilines is 2. The van der Waals surface area contributed by atoms with Crippen LogP contribution in [0.15, 0.2) is 61.1 Å². The van der Waals surface area contributed by atoms with Gasteiger partial charge in [0.25, 0.3) is 0 Å². The third kappa shape index (κ3) is 4.29. The first-order valence-corrected chi connectivity index (χ1v) is 11.3. The van der Waals surface area contributed by atoms with Crippen LogP contribution >= 0.6 is 0 Å². The number of nitrogens with one attached hydrogen (secondary N) is 3. The first kappa shape index (κ1) is 20.5. The van der Waals surface area contributed by atoms with E-state index in [-0.39, 0.29) is 6.04 Å². The topological polar surface area (TPSA) is 79.7 Å². The van der Waals surface area contributed by atoms with Crippen molar-refractivity contribution in [3.63, 3.8) is 0 Å². The highest BCUT2D eigenvalue weighted by atomic mass is 15.2. The highest BCUT2D eigenvalue weighted by Gasteiger charge is 2.15. The van der Waals surface area contributed by atoms with Gasteiger partial charge >= 0.3 is 0 Å². The van der Waals surface area contributed by atoms with E-state index in [1.54, 1.807) is 6.20 Å². The average Bonchev–Trinajstić information content (AvgIpc) is 3.48. The Morgan fingerprint density at radius 3 is 2.84 bits per heavy atom. The fourth-order valence-electron chi connectivity index (χ4n) is 4.27. The Morgan fingerprint density at radius 2 is 2.03 bits per heavy atom. The molecule has 1 unspecified atom stereocenters. The fourth-order valence-corrected chi connectivity index (χ4v) is 4.27. The molecule has 7 heteroatoms. The second kappa shape index (κ2) is 8.96. The Bertz CT molecular complexity index is 1200. The molecule has 7 nitrogen and oxygen atoms in total. The minimum atomic E-state index is 0.108. The van der Waals surface area contributed by atoms with E-state index < -0.39 is 0 Å². The molecule has 164 valence electrons. The summed E-state index contributed by atoms with van der Waals surface area (Å²) < 4.78 is 2.02. The third-order valence-electron chi connectivity index (χ3n) is 6.13. The van der Waals surface area contributed by atoms with Crippen LogP contribution in [0.3, 0.4) is 0 Å². The molecule has 32 heavy (non-hydrogen) atoms. The van der Waals surface area contributed by atoms with Gasteiger partial charge < -0.3 is 16.0 Å². The van der Waals surface area contributed by atoms with Crippen LogP contribution in [0.5, 0.6) is 0 Å². The molecular weight excluding hydrogens is 398 g/mol. The number of hydrogen-bond acceptors (Lipinski definition) is 6. The van der Waals surface area contributed by atoms with Gasteiger partial charge in [0.1, 0.15) is 12.1 Å². The van der Waals surface area contributed by atoms with Crippen LogP contribution in [0.25, 0.3) is 16.9 Å². The van der Waals surface area contributed by atoms with Gasteiger partial charge in [0.2, 0.25) is 5.95 Å². The lowest BCUT2D eigenvalue weighted by Gasteiger charge is -2.15. The van der Waals surface area contributed by atoms with Crippen LogP contribution in [-0.2, 0) is 0 Å². The molecule has 1 fully saturated rings. The fraction of sp³-hybridized carbons (Fsp3) is 0.320. The number of benzene rings is 2. The number of aryl methyl sites for hydroxylation is 1. The normalized spacial score (nSPS) is 16.9. The van der Waals surface area contributed by atoms with Crippen molar-refractivity contribution >= 4 is 22.7 Å². The predicted molar refractivity (Wildman–Crippen MR) is 129 cm³/mol. The Balaban J connectivity index is 1.37. The van der Waals surface area contributed by atoms with E-state index in [1.807, 2.05) is 35.2 Å². The third-order valence-corrected chi connectivity index (χ3v) is 6.13. The molecule has 3 N–H and O–H groups in total.